The number of hydrogen-bond donors (Lipinski definition) is 1. The molecule has 0 unspecified atom stereocenters. The number of carbonyl (C=O) groups is 2. The molecule has 0 aliphatic carbocycles. The molecule has 0 saturated carbocycles. The topological polar surface area (TPSA) is 86.1 Å². The molecule has 4 aromatic rings. The molecule has 1 N–H and O–H groups in total. The highest BCUT2D eigenvalue weighted by Gasteiger charge is 2.16. The zero-order valence-corrected chi connectivity index (χ0v) is 19.7. The Morgan fingerprint density at radius 1 is 0.941 bits per heavy atom. The van der Waals surface area contributed by atoms with Gasteiger partial charge in [0.1, 0.15) is 5.75 Å². The Morgan fingerprint density at radius 3 is 2.29 bits per heavy atom. The summed E-state index contributed by atoms with van der Waals surface area (Å²) < 4.78 is 7.25. The molecule has 0 aliphatic heterocycles. The van der Waals surface area contributed by atoms with Crippen molar-refractivity contribution in [2.24, 2.45) is 0 Å². The maximum atomic E-state index is 12.4. The van der Waals surface area contributed by atoms with Crippen LogP contribution in [0.25, 0.3) is 17.1 Å². The van der Waals surface area contributed by atoms with Crippen LogP contribution in [0, 0.1) is 0 Å². The number of anilines is 1. The number of carbonyl (C=O) groups excluding carboxylic acids is 2. The third-order valence-corrected chi connectivity index (χ3v) is 6.06. The minimum absolute atomic E-state index is 0.00851. The van der Waals surface area contributed by atoms with Crippen LogP contribution < -0.4 is 10.1 Å². The summed E-state index contributed by atoms with van der Waals surface area (Å²) in [4.78, 5) is 23.8. The van der Waals surface area contributed by atoms with Crippen LogP contribution in [-0.4, -0.2) is 39.3 Å². The first-order valence-corrected chi connectivity index (χ1v) is 11.7. The molecule has 1 amide bonds. The molecule has 0 aliphatic rings. The van der Waals surface area contributed by atoms with Crippen molar-refractivity contribution in [3.63, 3.8) is 0 Å². The number of methoxy groups -OCH3 is 1. The molecule has 0 atom stereocenters. The first-order chi connectivity index (χ1) is 16.5. The summed E-state index contributed by atoms with van der Waals surface area (Å²) in [6.45, 7) is 1.51. The van der Waals surface area contributed by atoms with E-state index in [1.54, 1.807) is 31.4 Å². The highest BCUT2D eigenvalue weighted by molar-refractivity contribution is 7.99. The number of thioether (sulfide) groups is 1. The minimum atomic E-state index is -0.107. The summed E-state index contributed by atoms with van der Waals surface area (Å²) in [5.74, 6) is 1.90. The van der Waals surface area contributed by atoms with Crippen molar-refractivity contribution in [3.8, 4) is 22.8 Å². The zero-order chi connectivity index (χ0) is 23.9. The average Bonchev–Trinajstić information content (AvgIpc) is 3.28. The lowest BCUT2D eigenvalue weighted by Crippen LogP contribution is -2.12. The van der Waals surface area contributed by atoms with Crippen molar-refractivity contribution in [2.75, 3.05) is 18.2 Å². The van der Waals surface area contributed by atoms with Gasteiger partial charge in [0.05, 0.1) is 7.11 Å². The van der Waals surface area contributed by atoms with Crippen LogP contribution in [0.2, 0.25) is 0 Å². The van der Waals surface area contributed by atoms with Gasteiger partial charge in [0, 0.05) is 34.7 Å². The van der Waals surface area contributed by atoms with Crippen LogP contribution in [0.3, 0.4) is 0 Å². The van der Waals surface area contributed by atoms with Crippen LogP contribution in [0.1, 0.15) is 23.7 Å². The van der Waals surface area contributed by atoms with Gasteiger partial charge >= 0.3 is 0 Å². The molecule has 0 fully saturated rings. The second-order valence-electron chi connectivity index (χ2n) is 7.49. The SMILES string of the molecule is COc1ccc(-c2nnc(SCCC(=O)Nc3ccc(C(C)=O)cc3)n2-c2ccccc2)cc1. The summed E-state index contributed by atoms with van der Waals surface area (Å²) >= 11 is 1.47. The normalized spacial score (nSPS) is 10.6. The summed E-state index contributed by atoms with van der Waals surface area (Å²) in [6.07, 6.45) is 0.304. The number of nitrogens with one attached hydrogen (secondary N) is 1. The maximum absolute atomic E-state index is 12.4. The second kappa shape index (κ2) is 10.8. The standard InChI is InChI=1S/C26H24N4O3S/c1-18(31)19-8-12-21(13-9-19)27-24(32)16-17-34-26-29-28-25(20-10-14-23(33-2)15-11-20)30(26)22-6-4-3-5-7-22/h3-15H,16-17H2,1-2H3,(H,27,32). The summed E-state index contributed by atoms with van der Waals surface area (Å²) in [5, 5.41) is 12.4. The van der Waals surface area contributed by atoms with E-state index in [1.807, 2.05) is 59.2 Å². The summed E-state index contributed by atoms with van der Waals surface area (Å²) in [7, 11) is 1.63. The third-order valence-electron chi connectivity index (χ3n) is 5.13. The number of ketones is 1. The van der Waals surface area contributed by atoms with Crippen LogP contribution in [0.4, 0.5) is 5.69 Å². The van der Waals surface area contributed by atoms with Gasteiger partial charge in [0.15, 0.2) is 16.8 Å². The molecular formula is C26H24N4O3S. The Labute approximate surface area is 202 Å². The van der Waals surface area contributed by atoms with E-state index in [0.717, 1.165) is 17.0 Å². The molecule has 34 heavy (non-hydrogen) atoms. The molecule has 3 aromatic carbocycles. The number of aromatic nitrogens is 3. The van der Waals surface area contributed by atoms with Crippen molar-refractivity contribution >= 4 is 29.1 Å². The van der Waals surface area contributed by atoms with Gasteiger partial charge in [-0.2, -0.15) is 0 Å². The van der Waals surface area contributed by atoms with Crippen molar-refractivity contribution in [1.82, 2.24) is 14.8 Å². The minimum Gasteiger partial charge on any atom is -0.497 e. The van der Waals surface area contributed by atoms with Gasteiger partial charge in [-0.3, -0.25) is 14.2 Å². The Bertz CT molecular complexity index is 1270. The van der Waals surface area contributed by atoms with Crippen LogP contribution in [-0.2, 0) is 4.79 Å². The van der Waals surface area contributed by atoms with E-state index in [0.29, 0.717) is 34.4 Å². The van der Waals surface area contributed by atoms with E-state index < -0.39 is 0 Å². The largest absolute Gasteiger partial charge is 0.497 e. The predicted molar refractivity (Wildman–Crippen MR) is 134 cm³/mol. The van der Waals surface area contributed by atoms with Crippen molar-refractivity contribution < 1.29 is 14.3 Å². The number of ether oxygens (including phenoxy) is 1. The van der Waals surface area contributed by atoms with Gasteiger partial charge in [0.2, 0.25) is 5.91 Å². The van der Waals surface area contributed by atoms with Crippen molar-refractivity contribution in [1.29, 1.82) is 0 Å². The highest BCUT2D eigenvalue weighted by atomic mass is 32.2. The van der Waals surface area contributed by atoms with Gasteiger partial charge in [0.25, 0.3) is 0 Å². The average molecular weight is 473 g/mol. The van der Waals surface area contributed by atoms with Crippen LogP contribution in [0.15, 0.2) is 84.0 Å². The molecule has 1 heterocycles. The van der Waals surface area contributed by atoms with Gasteiger partial charge < -0.3 is 10.1 Å². The van der Waals surface area contributed by atoms with E-state index in [-0.39, 0.29) is 11.7 Å². The Hall–Kier alpha value is -3.91. The molecule has 1 aromatic heterocycles. The Kier molecular flexibility index (Phi) is 7.39. The number of hydrogen-bond acceptors (Lipinski definition) is 6. The molecule has 0 saturated heterocycles. The predicted octanol–water partition coefficient (Wildman–Crippen LogP) is 5.27. The van der Waals surface area contributed by atoms with Gasteiger partial charge in [-0.05, 0) is 67.6 Å². The molecule has 7 nitrogen and oxygen atoms in total. The lowest BCUT2D eigenvalue weighted by atomic mass is 10.1. The van der Waals surface area contributed by atoms with Crippen molar-refractivity contribution in [2.45, 2.75) is 18.5 Å². The summed E-state index contributed by atoms with van der Waals surface area (Å²) in [5.41, 5.74) is 3.13. The molecule has 172 valence electrons. The fourth-order valence-corrected chi connectivity index (χ4v) is 4.24. The van der Waals surface area contributed by atoms with E-state index in [1.165, 1.54) is 18.7 Å². The fourth-order valence-electron chi connectivity index (χ4n) is 3.35. The number of amides is 1. The Balaban J connectivity index is 1.46. The second-order valence-corrected chi connectivity index (χ2v) is 8.55. The van der Waals surface area contributed by atoms with Crippen LogP contribution in [0.5, 0.6) is 5.75 Å². The van der Waals surface area contributed by atoms with E-state index in [4.69, 9.17) is 4.74 Å². The lowest BCUT2D eigenvalue weighted by molar-refractivity contribution is -0.115. The van der Waals surface area contributed by atoms with E-state index >= 15 is 0 Å². The molecular weight excluding hydrogens is 448 g/mol. The van der Waals surface area contributed by atoms with Gasteiger partial charge in [-0.25, -0.2) is 0 Å². The lowest BCUT2D eigenvalue weighted by Gasteiger charge is -2.11. The van der Waals surface area contributed by atoms with Crippen LogP contribution >= 0.6 is 11.8 Å². The number of para-hydroxylation sites is 1. The summed E-state index contributed by atoms with van der Waals surface area (Å²) in [6, 6.07) is 24.4. The first-order valence-electron chi connectivity index (χ1n) is 10.7. The number of Topliss-reactive ketones (excluding diaryl/α,β-unsaturated/α-hetero) is 1. The van der Waals surface area contributed by atoms with Gasteiger partial charge in [-0.15, -0.1) is 10.2 Å². The molecule has 4 rings (SSSR count). The van der Waals surface area contributed by atoms with E-state index in [9.17, 15) is 9.59 Å². The van der Waals surface area contributed by atoms with E-state index in [2.05, 4.69) is 15.5 Å². The number of rotatable bonds is 9. The quantitative estimate of drug-likeness (QED) is 0.264. The monoisotopic (exact) mass is 472 g/mol. The number of nitrogens with zero attached hydrogens (tertiary/aromatic N) is 3. The zero-order valence-electron chi connectivity index (χ0n) is 18.9. The number of benzene rings is 3. The first kappa shape index (κ1) is 23.3. The fraction of sp³-hybridized carbons (Fsp3) is 0.154. The smallest absolute Gasteiger partial charge is 0.225 e. The molecule has 0 spiro atoms. The van der Waals surface area contributed by atoms with Gasteiger partial charge in [-0.1, -0.05) is 30.0 Å². The molecule has 0 radical (unpaired) electrons. The Morgan fingerprint density at radius 2 is 1.65 bits per heavy atom. The van der Waals surface area contributed by atoms with Crippen molar-refractivity contribution in [3.05, 3.63) is 84.4 Å². The third kappa shape index (κ3) is 5.52. The highest BCUT2D eigenvalue weighted by Crippen LogP contribution is 2.29. The maximum Gasteiger partial charge on any atom is 0.225 e. The molecule has 8 heteroatoms. The molecule has 0 bridgehead atoms.